The van der Waals surface area contributed by atoms with Crippen LogP contribution in [0.25, 0.3) is 0 Å². The fourth-order valence-corrected chi connectivity index (χ4v) is 6.62. The van der Waals surface area contributed by atoms with Gasteiger partial charge in [-0.15, -0.1) is 0 Å². The van der Waals surface area contributed by atoms with Crippen LogP contribution in [0.3, 0.4) is 0 Å². The maximum absolute atomic E-state index is 11.8. The van der Waals surface area contributed by atoms with Gasteiger partial charge in [0.2, 0.25) is 0 Å². The molecule has 0 aromatic heterocycles. The molecular weight excluding hydrogens is 328 g/mol. The van der Waals surface area contributed by atoms with Gasteiger partial charge in [0.05, 0.1) is 0 Å². The topological polar surface area (TPSA) is 63.6 Å². The fourth-order valence-electron chi connectivity index (χ4n) is 6.62. The van der Waals surface area contributed by atoms with Gasteiger partial charge in [0.25, 0.3) is 0 Å². The molecule has 4 aliphatic carbocycles. The quantitative estimate of drug-likeness (QED) is 0.621. The first-order valence-electron chi connectivity index (χ1n) is 9.79. The highest BCUT2D eigenvalue weighted by Gasteiger charge is 2.58. The van der Waals surface area contributed by atoms with Crippen molar-refractivity contribution in [1.29, 1.82) is 0 Å². The molecule has 0 heterocycles. The first-order valence-corrected chi connectivity index (χ1v) is 9.79. The first-order chi connectivity index (χ1) is 12.2. The van der Waals surface area contributed by atoms with E-state index in [9.17, 15) is 14.7 Å². The molecule has 0 radical (unpaired) electrons. The second kappa shape index (κ2) is 5.83. The maximum Gasteiger partial charge on any atom is 0.339 e. The monoisotopic (exact) mass is 356 g/mol. The van der Waals surface area contributed by atoms with E-state index in [1.54, 1.807) is 12.1 Å². The highest BCUT2D eigenvalue weighted by molar-refractivity contribution is 5.92. The van der Waals surface area contributed by atoms with E-state index in [1.165, 1.54) is 39.0 Å². The number of rotatable bonds is 4. The molecular formula is C22H28O4. The van der Waals surface area contributed by atoms with Crippen LogP contribution in [0, 0.1) is 23.2 Å². The van der Waals surface area contributed by atoms with E-state index in [0.29, 0.717) is 11.3 Å². The molecule has 26 heavy (non-hydrogen) atoms. The summed E-state index contributed by atoms with van der Waals surface area (Å²) in [5.41, 5.74) is 1.73. The van der Waals surface area contributed by atoms with Gasteiger partial charge in [-0.3, -0.25) is 4.79 Å². The van der Waals surface area contributed by atoms with Crippen molar-refractivity contribution in [2.45, 2.75) is 64.7 Å². The number of benzene rings is 1. The molecule has 140 valence electrons. The highest BCUT2D eigenvalue weighted by atomic mass is 16.5. The molecule has 0 spiro atoms. The summed E-state index contributed by atoms with van der Waals surface area (Å²) in [5, 5.41) is 9.63. The van der Waals surface area contributed by atoms with Gasteiger partial charge in [-0.05, 0) is 84.8 Å². The zero-order chi connectivity index (χ0) is 18.7. The number of hydrogen-bond donors (Lipinski definition) is 1. The number of esters is 1. The second-order valence-electron chi connectivity index (χ2n) is 9.37. The summed E-state index contributed by atoms with van der Waals surface area (Å²) in [6.45, 7) is 6.01. The zero-order valence-electron chi connectivity index (χ0n) is 15.9. The van der Waals surface area contributed by atoms with Crippen LogP contribution >= 0.6 is 0 Å². The Kier molecular flexibility index (Phi) is 3.94. The third-order valence-corrected chi connectivity index (χ3v) is 7.41. The predicted octanol–water partition coefficient (Wildman–Crippen LogP) is 4.80. The average Bonchev–Trinajstić information content (AvgIpc) is 2.53. The number of carbonyl (C=O) groups is 2. The van der Waals surface area contributed by atoms with Crippen molar-refractivity contribution in [2.75, 3.05) is 0 Å². The lowest BCUT2D eigenvalue weighted by molar-refractivity contribution is -0.131. The molecule has 0 amide bonds. The number of ether oxygens (including phenoxy) is 1. The molecule has 0 saturated heterocycles. The van der Waals surface area contributed by atoms with Crippen molar-refractivity contribution >= 4 is 11.9 Å². The summed E-state index contributed by atoms with van der Waals surface area (Å²) in [5.74, 6) is 0.810. The third kappa shape index (κ3) is 2.65. The van der Waals surface area contributed by atoms with Gasteiger partial charge in [-0.25, -0.2) is 4.79 Å². The fraction of sp³-hybridized carbons (Fsp3) is 0.636. The van der Waals surface area contributed by atoms with Crippen LogP contribution < -0.4 is 4.74 Å². The molecule has 4 nitrogen and oxygen atoms in total. The molecule has 4 fully saturated rings. The Morgan fingerprint density at radius 1 is 1.15 bits per heavy atom. The average molecular weight is 356 g/mol. The summed E-state index contributed by atoms with van der Waals surface area (Å²) in [6, 6.07) is 5.47. The van der Waals surface area contributed by atoms with E-state index in [4.69, 9.17) is 4.74 Å². The van der Waals surface area contributed by atoms with Crippen LogP contribution in [0.4, 0.5) is 0 Å². The smallest absolute Gasteiger partial charge is 0.339 e. The molecule has 4 bridgehead atoms. The first kappa shape index (κ1) is 17.6. The van der Waals surface area contributed by atoms with E-state index in [-0.39, 0.29) is 16.7 Å². The number of carbonyl (C=O) groups excluding carboxylic acids is 1. The van der Waals surface area contributed by atoms with Gasteiger partial charge in [-0.2, -0.15) is 0 Å². The molecule has 4 heteroatoms. The van der Waals surface area contributed by atoms with Crippen molar-refractivity contribution in [3.63, 3.8) is 0 Å². The molecule has 2 unspecified atom stereocenters. The lowest BCUT2D eigenvalue weighted by Crippen LogP contribution is -2.55. The Hall–Kier alpha value is -1.84. The third-order valence-electron chi connectivity index (χ3n) is 7.41. The largest absolute Gasteiger partial charge is 0.478 e. The van der Waals surface area contributed by atoms with Gasteiger partial charge in [0, 0.05) is 6.92 Å². The summed E-state index contributed by atoms with van der Waals surface area (Å²) in [7, 11) is 0. The van der Waals surface area contributed by atoms with Crippen molar-refractivity contribution < 1.29 is 19.4 Å². The van der Waals surface area contributed by atoms with E-state index >= 15 is 0 Å². The lowest BCUT2D eigenvalue weighted by Gasteiger charge is -2.64. The summed E-state index contributed by atoms with van der Waals surface area (Å²) in [4.78, 5) is 23.1. The molecule has 5 rings (SSSR count). The van der Waals surface area contributed by atoms with Crippen LogP contribution in [0.1, 0.15) is 75.2 Å². The second-order valence-corrected chi connectivity index (χ2v) is 9.37. The SMILES string of the molecule is CC(=O)Oc1ccc(C23CC4CC(C2)CC(C(C)C)(C4)C3)cc1C(=O)O. The van der Waals surface area contributed by atoms with Crippen molar-refractivity contribution in [3.8, 4) is 5.75 Å². The summed E-state index contributed by atoms with van der Waals surface area (Å²) >= 11 is 0. The molecule has 1 aromatic rings. The van der Waals surface area contributed by atoms with Crippen molar-refractivity contribution in [1.82, 2.24) is 0 Å². The van der Waals surface area contributed by atoms with Gasteiger partial charge in [0.15, 0.2) is 0 Å². The van der Waals surface area contributed by atoms with Crippen LogP contribution in [0.15, 0.2) is 18.2 Å². The Morgan fingerprint density at radius 2 is 1.81 bits per heavy atom. The van der Waals surface area contributed by atoms with E-state index in [1.807, 2.05) is 6.07 Å². The summed E-state index contributed by atoms with van der Waals surface area (Å²) in [6.07, 6.45) is 7.51. The van der Waals surface area contributed by atoms with Crippen LogP contribution in [0.2, 0.25) is 0 Å². The van der Waals surface area contributed by atoms with Gasteiger partial charge in [-0.1, -0.05) is 19.9 Å². The van der Waals surface area contributed by atoms with E-state index in [0.717, 1.165) is 23.8 Å². The van der Waals surface area contributed by atoms with Gasteiger partial charge >= 0.3 is 11.9 Å². The van der Waals surface area contributed by atoms with Crippen LogP contribution in [-0.2, 0) is 10.2 Å². The van der Waals surface area contributed by atoms with E-state index < -0.39 is 11.9 Å². The minimum atomic E-state index is -1.04. The van der Waals surface area contributed by atoms with E-state index in [2.05, 4.69) is 13.8 Å². The number of carboxylic acids is 1. The molecule has 4 aliphatic rings. The van der Waals surface area contributed by atoms with Gasteiger partial charge in [0.1, 0.15) is 11.3 Å². The number of hydrogen-bond acceptors (Lipinski definition) is 3. The minimum absolute atomic E-state index is 0.0906. The Bertz CT molecular complexity index is 749. The van der Waals surface area contributed by atoms with Gasteiger partial charge < -0.3 is 9.84 Å². The minimum Gasteiger partial charge on any atom is -0.478 e. The Morgan fingerprint density at radius 3 is 2.35 bits per heavy atom. The lowest BCUT2D eigenvalue weighted by atomic mass is 9.41. The Balaban J connectivity index is 1.76. The highest BCUT2D eigenvalue weighted by Crippen LogP contribution is 2.67. The Labute approximate surface area is 154 Å². The molecule has 1 N–H and O–H groups in total. The van der Waals surface area contributed by atoms with Crippen molar-refractivity contribution in [2.24, 2.45) is 23.2 Å². The molecule has 4 saturated carbocycles. The molecule has 0 aliphatic heterocycles. The predicted molar refractivity (Wildman–Crippen MR) is 98.3 cm³/mol. The molecule has 1 aromatic carbocycles. The zero-order valence-corrected chi connectivity index (χ0v) is 15.9. The number of carboxylic acid groups (broad SMARTS) is 1. The van der Waals surface area contributed by atoms with Crippen LogP contribution in [0.5, 0.6) is 5.75 Å². The number of aromatic carboxylic acids is 1. The normalized spacial score (nSPS) is 34.9. The molecule has 2 atom stereocenters. The van der Waals surface area contributed by atoms with Crippen LogP contribution in [-0.4, -0.2) is 17.0 Å². The standard InChI is InChI=1S/C22H28O4/c1-13(2)21-8-15-6-16(9-21)11-22(10-15,12-21)17-4-5-19(26-14(3)23)18(7-17)20(24)25/h4-5,7,13,15-16H,6,8-12H2,1-3H3,(H,24,25). The van der Waals surface area contributed by atoms with Crippen molar-refractivity contribution in [3.05, 3.63) is 29.3 Å². The summed E-state index contributed by atoms with van der Waals surface area (Å²) < 4.78 is 5.12. The maximum atomic E-state index is 11.8.